The summed E-state index contributed by atoms with van der Waals surface area (Å²) in [6.07, 6.45) is 0.833. The number of aryl methyl sites for hydroxylation is 2. The summed E-state index contributed by atoms with van der Waals surface area (Å²) in [6.45, 7) is 9.04. The molecule has 0 saturated carbocycles. The number of carbonyl (C=O) groups is 1. The smallest absolute Gasteiger partial charge is 0.257 e. The van der Waals surface area contributed by atoms with Crippen molar-refractivity contribution < 1.29 is 9.53 Å². The van der Waals surface area contributed by atoms with E-state index in [1.54, 1.807) is 0 Å². The molecule has 0 unspecified atom stereocenters. The molecule has 1 N–H and O–H groups in total. The second kappa shape index (κ2) is 8.53. The molecule has 0 spiro atoms. The van der Waals surface area contributed by atoms with Gasteiger partial charge in [0.1, 0.15) is 5.75 Å². The zero-order valence-corrected chi connectivity index (χ0v) is 15.1. The molecule has 0 aromatic heterocycles. The van der Waals surface area contributed by atoms with Gasteiger partial charge in [0.2, 0.25) is 0 Å². The Kier molecular flexibility index (Phi) is 6.42. The first-order valence-electron chi connectivity index (χ1n) is 8.52. The van der Waals surface area contributed by atoms with Crippen LogP contribution in [0.3, 0.4) is 0 Å². The predicted molar refractivity (Wildman–Crippen MR) is 98.7 cm³/mol. The largest absolute Gasteiger partial charge is 0.483 e. The summed E-state index contributed by atoms with van der Waals surface area (Å²) in [5.41, 5.74) is 4.78. The molecule has 24 heavy (non-hydrogen) atoms. The SMILES string of the molecule is Cc1ccc(C(C)C)c(OCC(=O)NCCc2ccccc2C)c1. The Morgan fingerprint density at radius 3 is 2.58 bits per heavy atom. The van der Waals surface area contributed by atoms with Crippen LogP contribution in [0, 0.1) is 13.8 Å². The molecule has 0 aliphatic rings. The number of hydrogen-bond donors (Lipinski definition) is 1. The van der Waals surface area contributed by atoms with Gasteiger partial charge in [-0.05, 0) is 54.5 Å². The quantitative estimate of drug-likeness (QED) is 0.830. The molecule has 3 nitrogen and oxygen atoms in total. The van der Waals surface area contributed by atoms with Crippen molar-refractivity contribution in [3.63, 3.8) is 0 Å². The van der Waals surface area contributed by atoms with Crippen LogP contribution in [0.2, 0.25) is 0 Å². The number of benzene rings is 2. The van der Waals surface area contributed by atoms with Crippen molar-refractivity contribution in [2.24, 2.45) is 0 Å². The van der Waals surface area contributed by atoms with E-state index in [-0.39, 0.29) is 12.5 Å². The molecule has 2 rings (SSSR count). The minimum atomic E-state index is -0.0835. The molecule has 1 amide bonds. The fraction of sp³-hybridized carbons (Fsp3) is 0.381. The molecule has 0 aliphatic carbocycles. The van der Waals surface area contributed by atoms with E-state index in [4.69, 9.17) is 4.74 Å². The third-order valence-electron chi connectivity index (χ3n) is 4.13. The van der Waals surface area contributed by atoms with Crippen LogP contribution in [0.1, 0.15) is 42.0 Å². The van der Waals surface area contributed by atoms with Gasteiger partial charge in [0, 0.05) is 6.54 Å². The molecule has 128 valence electrons. The fourth-order valence-corrected chi connectivity index (χ4v) is 2.67. The highest BCUT2D eigenvalue weighted by atomic mass is 16.5. The molecular formula is C21H27NO2. The van der Waals surface area contributed by atoms with Crippen molar-refractivity contribution in [1.82, 2.24) is 5.32 Å². The lowest BCUT2D eigenvalue weighted by Crippen LogP contribution is -2.30. The summed E-state index contributed by atoms with van der Waals surface area (Å²) in [5, 5.41) is 2.93. The first-order chi connectivity index (χ1) is 11.5. The van der Waals surface area contributed by atoms with Crippen molar-refractivity contribution in [3.05, 3.63) is 64.7 Å². The zero-order valence-electron chi connectivity index (χ0n) is 15.1. The monoisotopic (exact) mass is 325 g/mol. The van der Waals surface area contributed by atoms with Gasteiger partial charge in [-0.25, -0.2) is 0 Å². The molecule has 0 atom stereocenters. The summed E-state index contributed by atoms with van der Waals surface area (Å²) >= 11 is 0. The van der Waals surface area contributed by atoms with Gasteiger partial charge >= 0.3 is 0 Å². The molecule has 0 fully saturated rings. The minimum Gasteiger partial charge on any atom is -0.483 e. The number of amides is 1. The molecule has 0 saturated heterocycles. The van der Waals surface area contributed by atoms with E-state index in [0.29, 0.717) is 12.5 Å². The molecule has 0 aliphatic heterocycles. The average molecular weight is 325 g/mol. The highest BCUT2D eigenvalue weighted by Gasteiger charge is 2.10. The van der Waals surface area contributed by atoms with Crippen molar-refractivity contribution in [2.75, 3.05) is 13.2 Å². The Hall–Kier alpha value is -2.29. The van der Waals surface area contributed by atoms with E-state index in [1.807, 2.05) is 25.1 Å². The van der Waals surface area contributed by atoms with Crippen LogP contribution in [-0.4, -0.2) is 19.1 Å². The Bertz CT molecular complexity index is 692. The lowest BCUT2D eigenvalue weighted by molar-refractivity contribution is -0.123. The van der Waals surface area contributed by atoms with E-state index in [1.165, 1.54) is 11.1 Å². The zero-order chi connectivity index (χ0) is 17.5. The van der Waals surface area contributed by atoms with Gasteiger partial charge in [-0.3, -0.25) is 4.79 Å². The number of carbonyl (C=O) groups excluding carboxylic acids is 1. The molecule has 2 aromatic carbocycles. The van der Waals surface area contributed by atoms with Crippen LogP contribution >= 0.6 is 0 Å². The van der Waals surface area contributed by atoms with E-state index >= 15 is 0 Å². The van der Waals surface area contributed by atoms with Crippen LogP contribution in [-0.2, 0) is 11.2 Å². The minimum absolute atomic E-state index is 0.0525. The Morgan fingerprint density at radius 1 is 1.12 bits per heavy atom. The van der Waals surface area contributed by atoms with Gasteiger partial charge in [0.25, 0.3) is 5.91 Å². The first-order valence-corrected chi connectivity index (χ1v) is 8.52. The van der Waals surface area contributed by atoms with Crippen molar-refractivity contribution in [3.8, 4) is 5.75 Å². The van der Waals surface area contributed by atoms with E-state index in [9.17, 15) is 4.79 Å². The third-order valence-corrected chi connectivity index (χ3v) is 4.13. The summed E-state index contributed by atoms with van der Waals surface area (Å²) in [7, 11) is 0. The van der Waals surface area contributed by atoms with E-state index < -0.39 is 0 Å². The predicted octanol–water partition coefficient (Wildman–Crippen LogP) is 4.16. The fourth-order valence-electron chi connectivity index (χ4n) is 2.67. The average Bonchev–Trinajstić information content (AvgIpc) is 2.54. The van der Waals surface area contributed by atoms with Crippen molar-refractivity contribution in [2.45, 2.75) is 40.0 Å². The van der Waals surface area contributed by atoms with E-state index in [2.05, 4.69) is 50.4 Å². The Balaban J connectivity index is 1.83. The summed E-state index contributed by atoms with van der Waals surface area (Å²) in [5.74, 6) is 1.09. The normalized spacial score (nSPS) is 10.7. The second-order valence-corrected chi connectivity index (χ2v) is 6.51. The van der Waals surface area contributed by atoms with Crippen LogP contribution in [0.5, 0.6) is 5.75 Å². The molecule has 0 heterocycles. The maximum Gasteiger partial charge on any atom is 0.257 e. The molecule has 2 aromatic rings. The lowest BCUT2D eigenvalue weighted by Gasteiger charge is -2.15. The maximum atomic E-state index is 12.0. The Morgan fingerprint density at radius 2 is 1.88 bits per heavy atom. The number of nitrogens with one attached hydrogen (secondary N) is 1. The number of hydrogen-bond acceptors (Lipinski definition) is 2. The van der Waals surface area contributed by atoms with Gasteiger partial charge in [0.05, 0.1) is 0 Å². The number of rotatable bonds is 7. The van der Waals surface area contributed by atoms with Gasteiger partial charge < -0.3 is 10.1 Å². The van der Waals surface area contributed by atoms with Crippen molar-refractivity contribution >= 4 is 5.91 Å². The van der Waals surface area contributed by atoms with Crippen LogP contribution in [0.25, 0.3) is 0 Å². The van der Waals surface area contributed by atoms with Gasteiger partial charge in [0.15, 0.2) is 6.61 Å². The van der Waals surface area contributed by atoms with Crippen molar-refractivity contribution in [1.29, 1.82) is 0 Å². The molecule has 0 radical (unpaired) electrons. The third kappa shape index (κ3) is 5.12. The summed E-state index contributed by atoms with van der Waals surface area (Å²) in [4.78, 5) is 12.0. The maximum absolute atomic E-state index is 12.0. The van der Waals surface area contributed by atoms with Gasteiger partial charge in [-0.1, -0.05) is 50.2 Å². The molecule has 3 heteroatoms. The molecule has 0 bridgehead atoms. The summed E-state index contributed by atoms with van der Waals surface area (Å²) < 4.78 is 5.76. The van der Waals surface area contributed by atoms with Crippen LogP contribution in [0.4, 0.5) is 0 Å². The second-order valence-electron chi connectivity index (χ2n) is 6.51. The van der Waals surface area contributed by atoms with E-state index in [0.717, 1.165) is 23.3 Å². The summed E-state index contributed by atoms with van der Waals surface area (Å²) in [6, 6.07) is 14.4. The van der Waals surface area contributed by atoms with Crippen LogP contribution in [0.15, 0.2) is 42.5 Å². The molecular weight excluding hydrogens is 298 g/mol. The van der Waals surface area contributed by atoms with Crippen LogP contribution < -0.4 is 10.1 Å². The number of ether oxygens (including phenoxy) is 1. The highest BCUT2D eigenvalue weighted by Crippen LogP contribution is 2.27. The first kappa shape index (κ1) is 18.1. The highest BCUT2D eigenvalue weighted by molar-refractivity contribution is 5.77. The standard InChI is InChI=1S/C21H27NO2/c1-15(2)19-10-9-16(3)13-20(19)24-14-21(23)22-12-11-18-8-6-5-7-17(18)4/h5-10,13,15H,11-12,14H2,1-4H3,(H,22,23). The van der Waals surface area contributed by atoms with Gasteiger partial charge in [-0.15, -0.1) is 0 Å². The topological polar surface area (TPSA) is 38.3 Å². The Labute approximate surface area is 145 Å². The van der Waals surface area contributed by atoms with Gasteiger partial charge in [-0.2, -0.15) is 0 Å². The lowest BCUT2D eigenvalue weighted by atomic mass is 10.0.